The third kappa shape index (κ3) is 14.7. The molecule has 4 unspecified atom stereocenters. The van der Waals surface area contributed by atoms with Gasteiger partial charge in [-0.05, 0) is 100 Å². The van der Waals surface area contributed by atoms with E-state index >= 15 is 0 Å². The molecule has 2 aromatic carbocycles. The monoisotopic (exact) mass is 569 g/mol. The molecule has 0 radical (unpaired) electrons. The molecule has 2 aromatic rings. The summed E-state index contributed by atoms with van der Waals surface area (Å²) in [6, 6.07) is 18.2. The molecule has 1 N–H and O–H groups in total. The summed E-state index contributed by atoms with van der Waals surface area (Å²) in [6.45, 7) is 33.2. The number of nitrogens with one attached hydrogen (secondary N) is 1. The molecule has 0 saturated heterocycles. The maximum atomic E-state index is 4.05. The summed E-state index contributed by atoms with van der Waals surface area (Å²) in [4.78, 5) is 0. The van der Waals surface area contributed by atoms with Crippen molar-refractivity contribution in [1.29, 1.82) is 0 Å². The maximum absolute atomic E-state index is 4.05. The van der Waals surface area contributed by atoms with Gasteiger partial charge in [-0.3, -0.25) is 0 Å². The number of hydrogen-bond donors (Lipinski definition) is 1. The van der Waals surface area contributed by atoms with Crippen LogP contribution in [0, 0.1) is 24.2 Å². The third-order valence-corrected chi connectivity index (χ3v) is 8.46. The lowest BCUT2D eigenvalue weighted by Crippen LogP contribution is -2.23. The summed E-state index contributed by atoms with van der Waals surface area (Å²) in [6.07, 6.45) is 15.9. The molecule has 1 aliphatic rings. The van der Waals surface area contributed by atoms with E-state index in [1.807, 2.05) is 6.92 Å². The van der Waals surface area contributed by atoms with Crippen molar-refractivity contribution in [3.05, 3.63) is 127 Å². The predicted octanol–water partition coefficient (Wildman–Crippen LogP) is 13.0. The van der Waals surface area contributed by atoms with E-state index in [0.29, 0.717) is 17.4 Å². The van der Waals surface area contributed by atoms with Crippen LogP contribution in [0.2, 0.25) is 0 Å². The molecule has 0 saturated carbocycles. The third-order valence-electron chi connectivity index (χ3n) is 8.46. The largest absolute Gasteiger partial charge is 0.378 e. The van der Waals surface area contributed by atoms with Crippen molar-refractivity contribution in [3.63, 3.8) is 0 Å². The van der Waals surface area contributed by atoms with Gasteiger partial charge in [0.15, 0.2) is 0 Å². The molecule has 0 bridgehead atoms. The Labute approximate surface area is 261 Å². The van der Waals surface area contributed by atoms with Crippen molar-refractivity contribution in [3.8, 4) is 0 Å². The fourth-order valence-electron chi connectivity index (χ4n) is 4.72. The van der Waals surface area contributed by atoms with Crippen LogP contribution in [-0.4, -0.2) is 0 Å². The van der Waals surface area contributed by atoms with Gasteiger partial charge in [0, 0.05) is 5.69 Å². The van der Waals surface area contributed by atoms with Crippen molar-refractivity contribution >= 4 is 5.69 Å². The summed E-state index contributed by atoms with van der Waals surface area (Å²) in [5, 5.41) is 3.65. The molecule has 1 heteroatoms. The van der Waals surface area contributed by atoms with Crippen LogP contribution >= 0.6 is 0 Å². The average Bonchev–Trinajstić information content (AvgIpc) is 3.00. The highest BCUT2D eigenvalue weighted by atomic mass is 14.9. The highest BCUT2D eigenvalue weighted by Gasteiger charge is 2.27. The molecular weight excluding hydrogens is 506 g/mol. The van der Waals surface area contributed by atoms with E-state index in [9.17, 15) is 0 Å². The molecule has 42 heavy (non-hydrogen) atoms. The molecule has 0 aromatic heterocycles. The van der Waals surface area contributed by atoms with E-state index in [-0.39, 0.29) is 0 Å². The molecule has 0 aliphatic heterocycles. The predicted molar refractivity (Wildman–Crippen MR) is 193 cm³/mol. The fourth-order valence-corrected chi connectivity index (χ4v) is 4.72. The minimum Gasteiger partial charge on any atom is -0.378 e. The SMILES string of the molecule is C=C.C=C(C)C(C)CCCc1ccc(C(CC)Nc2ccc(C)cc2)cc1.C=CC.CCC(C)C1(C)C=CC(C)=CC1. The Morgan fingerprint density at radius 2 is 1.55 bits per heavy atom. The Bertz CT molecular complexity index is 1070. The lowest BCUT2D eigenvalue weighted by molar-refractivity contribution is 0.268. The van der Waals surface area contributed by atoms with Gasteiger partial charge in [-0.25, -0.2) is 0 Å². The molecule has 0 fully saturated rings. The number of allylic oxidation sites excluding steroid dienone is 6. The second-order valence-electron chi connectivity index (χ2n) is 12.1. The first kappa shape index (κ1) is 38.9. The van der Waals surface area contributed by atoms with Crippen LogP contribution in [0.3, 0.4) is 0 Å². The Balaban J connectivity index is 0.000000822. The molecular formula is C41H63N. The smallest absolute Gasteiger partial charge is 0.0511 e. The van der Waals surface area contributed by atoms with Gasteiger partial charge in [0.2, 0.25) is 0 Å². The van der Waals surface area contributed by atoms with Gasteiger partial charge in [-0.15, -0.1) is 19.7 Å². The van der Waals surface area contributed by atoms with Crippen LogP contribution in [0.4, 0.5) is 5.69 Å². The average molecular weight is 570 g/mol. The summed E-state index contributed by atoms with van der Waals surface area (Å²) in [5.74, 6) is 1.42. The number of hydrogen-bond acceptors (Lipinski definition) is 1. The Morgan fingerprint density at radius 1 is 0.976 bits per heavy atom. The molecule has 0 amide bonds. The zero-order valence-corrected chi connectivity index (χ0v) is 28.7. The number of anilines is 1. The highest BCUT2D eigenvalue weighted by molar-refractivity contribution is 5.46. The molecule has 4 atom stereocenters. The van der Waals surface area contributed by atoms with Crippen LogP contribution in [0.1, 0.15) is 110 Å². The van der Waals surface area contributed by atoms with Gasteiger partial charge < -0.3 is 5.32 Å². The quantitative estimate of drug-likeness (QED) is 0.265. The second kappa shape index (κ2) is 21.6. The van der Waals surface area contributed by atoms with Crippen LogP contribution in [-0.2, 0) is 6.42 Å². The molecule has 0 spiro atoms. The fraction of sp³-hybridized carbons (Fsp3) is 0.463. The normalized spacial score (nSPS) is 17.3. The zero-order chi connectivity index (χ0) is 32.1. The van der Waals surface area contributed by atoms with Crippen LogP contribution < -0.4 is 5.32 Å². The van der Waals surface area contributed by atoms with E-state index in [0.717, 1.165) is 18.8 Å². The highest BCUT2D eigenvalue weighted by Crippen LogP contribution is 2.38. The second-order valence-corrected chi connectivity index (χ2v) is 12.1. The van der Waals surface area contributed by atoms with Crippen molar-refractivity contribution in [2.75, 3.05) is 5.32 Å². The molecule has 3 rings (SSSR count). The first-order chi connectivity index (χ1) is 20.0. The lowest BCUT2D eigenvalue weighted by atomic mass is 9.72. The van der Waals surface area contributed by atoms with E-state index in [1.165, 1.54) is 59.2 Å². The van der Waals surface area contributed by atoms with Gasteiger partial charge in [0.1, 0.15) is 0 Å². The van der Waals surface area contributed by atoms with Gasteiger partial charge in [0.25, 0.3) is 0 Å². The first-order valence-corrected chi connectivity index (χ1v) is 16.0. The number of aryl methyl sites for hydroxylation is 2. The number of rotatable bonds is 11. The van der Waals surface area contributed by atoms with E-state index < -0.39 is 0 Å². The van der Waals surface area contributed by atoms with E-state index in [4.69, 9.17) is 0 Å². The van der Waals surface area contributed by atoms with E-state index in [2.05, 4.69) is 154 Å². The lowest BCUT2D eigenvalue weighted by Gasteiger charge is -2.33. The summed E-state index contributed by atoms with van der Waals surface area (Å²) >= 11 is 0. The van der Waals surface area contributed by atoms with Crippen molar-refractivity contribution in [1.82, 2.24) is 0 Å². The Kier molecular flexibility index (Phi) is 20.0. The van der Waals surface area contributed by atoms with Crippen molar-refractivity contribution < 1.29 is 0 Å². The topological polar surface area (TPSA) is 12.0 Å². The molecule has 1 nitrogen and oxygen atoms in total. The standard InChI is InChI=1S/C24H33N.C12H20.C3H6.C2H4/c1-6-24(25-23-16-10-19(4)11-17-23)22-14-12-21(13-15-22)9-7-8-20(5)18(2)3;1-5-11(3)12(4)8-6-10(2)7-9-12;1-3-2;1-2/h10-17,20,24-25H,2,6-9H2,1,3-5H3;6-8,11H,5,9H2,1-4H3;3H,1H2,2H3;1-2H2. The number of benzene rings is 2. The van der Waals surface area contributed by atoms with Crippen LogP contribution in [0.25, 0.3) is 0 Å². The molecule has 1 aliphatic carbocycles. The van der Waals surface area contributed by atoms with Crippen LogP contribution in [0.15, 0.2) is 110 Å². The van der Waals surface area contributed by atoms with Crippen molar-refractivity contribution in [2.24, 2.45) is 17.3 Å². The van der Waals surface area contributed by atoms with E-state index in [1.54, 1.807) is 6.08 Å². The minimum atomic E-state index is 0.361. The molecule has 0 heterocycles. The van der Waals surface area contributed by atoms with Gasteiger partial charge in [-0.1, -0.05) is 125 Å². The minimum absolute atomic E-state index is 0.361. The first-order valence-electron chi connectivity index (χ1n) is 16.0. The molecule has 232 valence electrons. The Hall–Kier alpha value is -3.06. The summed E-state index contributed by atoms with van der Waals surface area (Å²) < 4.78 is 0. The Morgan fingerprint density at radius 3 is 2.00 bits per heavy atom. The van der Waals surface area contributed by atoms with Crippen LogP contribution in [0.5, 0.6) is 0 Å². The van der Waals surface area contributed by atoms with Gasteiger partial charge >= 0.3 is 0 Å². The summed E-state index contributed by atoms with van der Waals surface area (Å²) in [5.41, 5.74) is 8.40. The maximum Gasteiger partial charge on any atom is 0.0511 e. The van der Waals surface area contributed by atoms with Crippen molar-refractivity contribution in [2.45, 2.75) is 107 Å². The zero-order valence-electron chi connectivity index (χ0n) is 28.7. The summed E-state index contributed by atoms with van der Waals surface area (Å²) in [7, 11) is 0. The van der Waals surface area contributed by atoms with Gasteiger partial charge in [0.05, 0.1) is 6.04 Å². The van der Waals surface area contributed by atoms with Gasteiger partial charge in [-0.2, -0.15) is 0 Å².